The minimum Gasteiger partial charge on any atom is -0.493 e. The molecule has 0 N–H and O–H groups in total. The Bertz CT molecular complexity index is 640. The second-order valence-electron chi connectivity index (χ2n) is 4.30. The van der Waals surface area contributed by atoms with E-state index < -0.39 is 0 Å². The van der Waals surface area contributed by atoms with E-state index in [0.717, 1.165) is 41.5 Å². The van der Waals surface area contributed by atoms with Crippen LogP contribution in [0.5, 0.6) is 5.75 Å². The van der Waals surface area contributed by atoms with Gasteiger partial charge < -0.3 is 4.74 Å². The number of thiazole rings is 1. The summed E-state index contributed by atoms with van der Waals surface area (Å²) in [6.07, 6.45) is 2.09. The van der Waals surface area contributed by atoms with Crippen molar-refractivity contribution >= 4 is 11.3 Å². The van der Waals surface area contributed by atoms with Crippen LogP contribution in [0.4, 0.5) is 0 Å². The Morgan fingerprint density at radius 3 is 3.17 bits per heavy atom. The van der Waals surface area contributed by atoms with Crippen LogP contribution >= 0.6 is 11.3 Å². The summed E-state index contributed by atoms with van der Waals surface area (Å²) >= 11 is 1.44. The van der Waals surface area contributed by atoms with Gasteiger partial charge in [0.15, 0.2) is 0 Å². The maximum Gasteiger partial charge on any atom is 0.132 e. The Kier molecular flexibility index (Phi) is 2.77. The van der Waals surface area contributed by atoms with Gasteiger partial charge in [-0.25, -0.2) is 4.98 Å². The van der Waals surface area contributed by atoms with Crippen LogP contribution in [-0.2, 0) is 6.42 Å². The number of hydrogen-bond donors (Lipinski definition) is 0. The first-order valence-corrected chi connectivity index (χ1v) is 6.73. The van der Waals surface area contributed by atoms with Gasteiger partial charge in [0, 0.05) is 5.56 Å². The van der Waals surface area contributed by atoms with Gasteiger partial charge in [-0.3, -0.25) is 0 Å². The lowest BCUT2D eigenvalue weighted by Crippen LogP contribution is -2.08. The molecule has 1 aliphatic heterocycles. The summed E-state index contributed by atoms with van der Waals surface area (Å²) in [7, 11) is 0. The number of nitrogens with zero attached hydrogens (tertiary/aromatic N) is 2. The van der Waals surface area contributed by atoms with Crippen molar-refractivity contribution in [3.05, 3.63) is 33.6 Å². The maximum atomic E-state index is 9.13. The van der Waals surface area contributed by atoms with E-state index in [0.29, 0.717) is 4.88 Å². The highest BCUT2D eigenvalue weighted by atomic mass is 32.1. The highest BCUT2D eigenvalue weighted by Crippen LogP contribution is 2.32. The Morgan fingerprint density at radius 2 is 2.33 bits per heavy atom. The van der Waals surface area contributed by atoms with Gasteiger partial charge in [0.25, 0.3) is 0 Å². The first-order valence-electron chi connectivity index (χ1n) is 5.91. The standard InChI is InChI=1S/C14H12N2OS/c1-9-16-14(13(8-15)18-9)11-4-5-12-10(7-11)3-2-6-17-12/h4-5,7H,2-3,6H2,1H3. The molecule has 0 bridgehead atoms. The molecule has 3 nitrogen and oxygen atoms in total. The predicted octanol–water partition coefficient (Wildman–Crippen LogP) is 3.32. The average Bonchev–Trinajstić information content (AvgIpc) is 2.79. The topological polar surface area (TPSA) is 45.9 Å². The summed E-state index contributed by atoms with van der Waals surface area (Å²) in [6.45, 7) is 2.72. The molecule has 90 valence electrons. The molecular formula is C14H12N2OS. The fourth-order valence-electron chi connectivity index (χ4n) is 2.21. The molecular weight excluding hydrogens is 244 g/mol. The number of aromatic nitrogens is 1. The van der Waals surface area contributed by atoms with Crippen LogP contribution in [0.1, 0.15) is 21.9 Å². The van der Waals surface area contributed by atoms with Gasteiger partial charge in [-0.05, 0) is 43.5 Å². The molecule has 1 aliphatic rings. The van der Waals surface area contributed by atoms with Gasteiger partial charge in [0.05, 0.1) is 17.3 Å². The summed E-state index contributed by atoms with van der Waals surface area (Å²) in [4.78, 5) is 5.14. The zero-order valence-electron chi connectivity index (χ0n) is 10.1. The zero-order valence-corrected chi connectivity index (χ0v) is 10.9. The fraction of sp³-hybridized carbons (Fsp3) is 0.286. The predicted molar refractivity (Wildman–Crippen MR) is 70.8 cm³/mol. The van der Waals surface area contributed by atoms with E-state index in [1.54, 1.807) is 0 Å². The number of ether oxygens (including phenoxy) is 1. The van der Waals surface area contributed by atoms with Crippen molar-refractivity contribution in [1.82, 2.24) is 4.98 Å². The molecule has 0 unspecified atom stereocenters. The minimum atomic E-state index is 0.684. The SMILES string of the molecule is Cc1nc(-c2ccc3c(c2)CCCO3)c(C#N)s1. The van der Waals surface area contributed by atoms with Crippen LogP contribution in [0.2, 0.25) is 0 Å². The van der Waals surface area contributed by atoms with Crippen LogP contribution in [0.15, 0.2) is 18.2 Å². The van der Waals surface area contributed by atoms with Crippen molar-refractivity contribution in [2.45, 2.75) is 19.8 Å². The molecule has 2 aromatic rings. The maximum absolute atomic E-state index is 9.13. The summed E-state index contributed by atoms with van der Waals surface area (Å²) in [6, 6.07) is 8.29. The second-order valence-corrected chi connectivity index (χ2v) is 5.50. The van der Waals surface area contributed by atoms with Gasteiger partial charge >= 0.3 is 0 Å². The minimum absolute atomic E-state index is 0.684. The lowest BCUT2D eigenvalue weighted by atomic mass is 10.0. The number of rotatable bonds is 1. The van der Waals surface area contributed by atoms with Crippen LogP contribution in [0.25, 0.3) is 11.3 Å². The van der Waals surface area contributed by atoms with Gasteiger partial charge in [-0.1, -0.05) is 0 Å². The summed E-state index contributed by atoms with van der Waals surface area (Å²) < 4.78 is 5.59. The molecule has 2 heterocycles. The molecule has 0 spiro atoms. The number of hydrogen-bond acceptors (Lipinski definition) is 4. The van der Waals surface area contributed by atoms with E-state index in [-0.39, 0.29) is 0 Å². The Labute approximate surface area is 110 Å². The number of fused-ring (bicyclic) bond motifs is 1. The number of benzene rings is 1. The van der Waals surface area contributed by atoms with Crippen molar-refractivity contribution < 1.29 is 4.74 Å². The van der Waals surface area contributed by atoms with Crippen molar-refractivity contribution in [2.75, 3.05) is 6.61 Å². The monoisotopic (exact) mass is 256 g/mol. The normalized spacial score (nSPS) is 13.6. The Balaban J connectivity index is 2.09. The summed E-state index contributed by atoms with van der Waals surface area (Å²) in [5.41, 5.74) is 3.03. The highest BCUT2D eigenvalue weighted by Gasteiger charge is 2.15. The largest absolute Gasteiger partial charge is 0.493 e. The van der Waals surface area contributed by atoms with E-state index in [9.17, 15) is 0 Å². The lowest BCUT2D eigenvalue weighted by Gasteiger charge is -2.17. The third-order valence-corrected chi connectivity index (χ3v) is 3.89. The van der Waals surface area contributed by atoms with Crippen LogP contribution < -0.4 is 4.74 Å². The van der Waals surface area contributed by atoms with Gasteiger partial charge in [-0.15, -0.1) is 11.3 Å². The van der Waals surface area contributed by atoms with Crippen molar-refractivity contribution in [1.29, 1.82) is 5.26 Å². The highest BCUT2D eigenvalue weighted by molar-refractivity contribution is 7.12. The fourth-order valence-corrected chi connectivity index (χ4v) is 2.94. The third kappa shape index (κ3) is 1.87. The molecule has 1 aromatic heterocycles. The van der Waals surface area contributed by atoms with E-state index >= 15 is 0 Å². The average molecular weight is 256 g/mol. The van der Waals surface area contributed by atoms with Gasteiger partial charge in [0.1, 0.15) is 16.7 Å². The van der Waals surface area contributed by atoms with Crippen LogP contribution in [-0.4, -0.2) is 11.6 Å². The molecule has 0 saturated carbocycles. The number of nitriles is 1. The van der Waals surface area contributed by atoms with Crippen molar-refractivity contribution in [3.8, 4) is 23.1 Å². The molecule has 1 aromatic carbocycles. The van der Waals surface area contributed by atoms with Crippen LogP contribution in [0, 0.1) is 18.3 Å². The Morgan fingerprint density at radius 1 is 1.44 bits per heavy atom. The zero-order chi connectivity index (χ0) is 12.5. The molecule has 18 heavy (non-hydrogen) atoms. The third-order valence-electron chi connectivity index (χ3n) is 3.02. The smallest absolute Gasteiger partial charge is 0.132 e. The van der Waals surface area contributed by atoms with E-state index in [1.807, 2.05) is 19.1 Å². The van der Waals surface area contributed by atoms with Crippen LogP contribution in [0.3, 0.4) is 0 Å². The van der Waals surface area contributed by atoms with Gasteiger partial charge in [-0.2, -0.15) is 5.26 Å². The van der Waals surface area contributed by atoms with Crippen molar-refractivity contribution in [2.24, 2.45) is 0 Å². The molecule has 3 rings (SSSR count). The molecule has 4 heteroatoms. The van der Waals surface area contributed by atoms with E-state index in [4.69, 9.17) is 10.00 Å². The molecule has 0 saturated heterocycles. The lowest BCUT2D eigenvalue weighted by molar-refractivity contribution is 0.288. The van der Waals surface area contributed by atoms with Gasteiger partial charge in [0.2, 0.25) is 0 Å². The second kappa shape index (κ2) is 4.43. The summed E-state index contributed by atoms with van der Waals surface area (Å²) in [5.74, 6) is 0.968. The van der Waals surface area contributed by atoms with E-state index in [1.165, 1.54) is 16.9 Å². The Hall–Kier alpha value is -1.86. The molecule has 0 amide bonds. The molecule has 0 atom stereocenters. The first-order chi connectivity index (χ1) is 8.78. The first kappa shape index (κ1) is 11.2. The van der Waals surface area contributed by atoms with Crippen molar-refractivity contribution in [3.63, 3.8) is 0 Å². The summed E-state index contributed by atoms with van der Waals surface area (Å²) in [5, 5.41) is 10.1. The molecule has 0 aliphatic carbocycles. The molecule has 0 radical (unpaired) electrons. The van der Waals surface area contributed by atoms with E-state index in [2.05, 4.69) is 17.1 Å². The molecule has 0 fully saturated rings. The number of aryl methyl sites for hydroxylation is 2. The quantitative estimate of drug-likeness (QED) is 0.786.